The number of amides is 2. The number of hydrogen-bond acceptors (Lipinski definition) is 6. The number of para-hydroxylation sites is 1. The number of H-pyrrole nitrogens is 1. The highest BCUT2D eigenvalue weighted by atomic mass is 35.5. The molecule has 9 nitrogen and oxygen atoms in total. The van der Waals surface area contributed by atoms with Crippen LogP contribution in [0.5, 0.6) is 11.5 Å². The number of fused-ring (bicyclic) bond motifs is 1. The van der Waals surface area contributed by atoms with E-state index in [9.17, 15) is 14.4 Å². The Balaban J connectivity index is 1.33. The van der Waals surface area contributed by atoms with Gasteiger partial charge in [0, 0.05) is 22.8 Å². The zero-order chi connectivity index (χ0) is 25.1. The average molecular weight is 502 g/mol. The molecule has 2 amide bonds. The summed E-state index contributed by atoms with van der Waals surface area (Å²) in [5.41, 5.74) is 0.706. The first-order chi connectivity index (χ1) is 17.4. The van der Waals surface area contributed by atoms with E-state index in [1.54, 1.807) is 48.5 Å². The van der Waals surface area contributed by atoms with Crippen LogP contribution in [0.1, 0.15) is 17.9 Å². The Bertz CT molecular complexity index is 1470. The van der Waals surface area contributed by atoms with E-state index in [0.717, 1.165) is 0 Å². The monoisotopic (exact) mass is 501 g/mol. The molecule has 0 bridgehead atoms. The predicted molar refractivity (Wildman–Crippen MR) is 137 cm³/mol. The molecule has 5 rings (SSSR count). The van der Waals surface area contributed by atoms with Crippen LogP contribution in [-0.2, 0) is 9.59 Å². The topological polar surface area (TPSA) is 125 Å². The number of carbonyl (C=O) groups excluding carboxylic acids is 2. The molecule has 36 heavy (non-hydrogen) atoms. The van der Waals surface area contributed by atoms with Crippen LogP contribution >= 0.6 is 11.6 Å². The summed E-state index contributed by atoms with van der Waals surface area (Å²) in [7, 11) is 0. The summed E-state index contributed by atoms with van der Waals surface area (Å²) in [4.78, 5) is 45.3. The van der Waals surface area contributed by atoms with Crippen molar-refractivity contribution < 1.29 is 14.3 Å². The maximum atomic E-state index is 13.1. The SMILES string of the molecule is O=C1C[C@H](C(=O)Nc2ccc(Oc3ccccc3)cc2)c2c(nc(Nc3ccc(Cl)cc3)[nH]c2=O)N1. The van der Waals surface area contributed by atoms with Gasteiger partial charge < -0.3 is 20.7 Å². The summed E-state index contributed by atoms with van der Waals surface area (Å²) in [5.74, 6) is -0.457. The van der Waals surface area contributed by atoms with E-state index in [0.29, 0.717) is 27.9 Å². The summed E-state index contributed by atoms with van der Waals surface area (Å²) in [6, 6.07) is 22.9. The first-order valence-electron chi connectivity index (χ1n) is 11.0. The third-order valence-corrected chi connectivity index (χ3v) is 5.73. The molecule has 0 radical (unpaired) electrons. The lowest BCUT2D eigenvalue weighted by Gasteiger charge is -2.23. The van der Waals surface area contributed by atoms with Gasteiger partial charge in [-0.2, -0.15) is 4.98 Å². The minimum Gasteiger partial charge on any atom is -0.457 e. The molecule has 0 unspecified atom stereocenters. The Morgan fingerprint density at radius 3 is 2.31 bits per heavy atom. The van der Waals surface area contributed by atoms with Crippen LogP contribution in [0.3, 0.4) is 0 Å². The molecule has 1 aromatic heterocycles. The Morgan fingerprint density at radius 2 is 1.58 bits per heavy atom. The van der Waals surface area contributed by atoms with Gasteiger partial charge in [0.1, 0.15) is 17.3 Å². The summed E-state index contributed by atoms with van der Waals surface area (Å²) < 4.78 is 5.76. The first-order valence-corrected chi connectivity index (χ1v) is 11.4. The molecule has 0 aliphatic carbocycles. The molecule has 4 aromatic rings. The molecular weight excluding hydrogens is 482 g/mol. The molecule has 2 heterocycles. The zero-order valence-corrected chi connectivity index (χ0v) is 19.5. The Morgan fingerprint density at radius 1 is 0.917 bits per heavy atom. The van der Waals surface area contributed by atoms with Gasteiger partial charge in [-0.1, -0.05) is 29.8 Å². The van der Waals surface area contributed by atoms with Crippen molar-refractivity contribution >= 4 is 46.6 Å². The fraction of sp³-hybridized carbons (Fsp3) is 0.0769. The van der Waals surface area contributed by atoms with Gasteiger partial charge in [0.25, 0.3) is 5.56 Å². The smallest absolute Gasteiger partial charge is 0.258 e. The summed E-state index contributed by atoms with van der Waals surface area (Å²) in [6.45, 7) is 0. The predicted octanol–water partition coefficient (Wildman–Crippen LogP) is 5.02. The van der Waals surface area contributed by atoms with E-state index in [1.165, 1.54) is 0 Å². The fourth-order valence-electron chi connectivity index (χ4n) is 3.78. The second-order valence-corrected chi connectivity index (χ2v) is 8.48. The van der Waals surface area contributed by atoms with Gasteiger partial charge in [0.2, 0.25) is 17.8 Å². The van der Waals surface area contributed by atoms with Crippen molar-refractivity contribution in [3.05, 3.63) is 99.8 Å². The highest BCUT2D eigenvalue weighted by molar-refractivity contribution is 6.30. The van der Waals surface area contributed by atoms with E-state index in [-0.39, 0.29) is 23.8 Å². The zero-order valence-electron chi connectivity index (χ0n) is 18.7. The minimum atomic E-state index is -1.00. The van der Waals surface area contributed by atoms with Crippen molar-refractivity contribution in [3.8, 4) is 11.5 Å². The highest BCUT2D eigenvalue weighted by Gasteiger charge is 2.34. The Hall–Kier alpha value is -4.63. The van der Waals surface area contributed by atoms with Crippen LogP contribution in [0.2, 0.25) is 5.02 Å². The lowest BCUT2D eigenvalue weighted by atomic mass is 9.92. The van der Waals surface area contributed by atoms with Gasteiger partial charge in [-0.05, 0) is 60.7 Å². The Labute approximate surface area is 210 Å². The number of halogens is 1. The van der Waals surface area contributed by atoms with E-state index >= 15 is 0 Å². The fourth-order valence-corrected chi connectivity index (χ4v) is 3.91. The molecular formula is C26H20ClN5O4. The maximum Gasteiger partial charge on any atom is 0.258 e. The van der Waals surface area contributed by atoms with E-state index < -0.39 is 23.3 Å². The van der Waals surface area contributed by atoms with Crippen molar-refractivity contribution in [3.63, 3.8) is 0 Å². The van der Waals surface area contributed by atoms with Crippen LogP contribution in [0.25, 0.3) is 0 Å². The normalized spacial score (nSPS) is 14.4. The number of benzene rings is 3. The van der Waals surface area contributed by atoms with Gasteiger partial charge in [-0.15, -0.1) is 0 Å². The number of nitrogens with zero attached hydrogens (tertiary/aromatic N) is 1. The van der Waals surface area contributed by atoms with Gasteiger partial charge in [-0.25, -0.2) is 0 Å². The van der Waals surface area contributed by atoms with Crippen molar-refractivity contribution in [2.75, 3.05) is 16.0 Å². The second-order valence-electron chi connectivity index (χ2n) is 8.04. The maximum absolute atomic E-state index is 13.1. The van der Waals surface area contributed by atoms with Gasteiger partial charge in [-0.3, -0.25) is 19.4 Å². The molecule has 10 heteroatoms. The summed E-state index contributed by atoms with van der Waals surface area (Å²) in [5, 5.41) is 8.87. The van der Waals surface area contributed by atoms with Crippen molar-refractivity contribution in [2.24, 2.45) is 0 Å². The standard InChI is InChI=1S/C26H20ClN5O4/c27-15-6-8-17(9-7-15)29-26-31-23-22(25(35)32-26)20(14-21(33)30-23)24(34)28-16-10-12-19(13-11-16)36-18-4-2-1-3-5-18/h1-13,20H,14H2,(H,28,34)(H3,29,30,31,32,33,35)/t20-/m0/s1. The van der Waals surface area contributed by atoms with Crippen LogP contribution in [0.4, 0.5) is 23.1 Å². The second kappa shape index (κ2) is 9.93. The number of aromatic nitrogens is 2. The van der Waals surface area contributed by atoms with Crippen molar-refractivity contribution in [1.29, 1.82) is 0 Å². The molecule has 0 saturated carbocycles. The lowest BCUT2D eigenvalue weighted by Crippen LogP contribution is -2.36. The van der Waals surface area contributed by atoms with Crippen LogP contribution in [0, 0.1) is 0 Å². The largest absolute Gasteiger partial charge is 0.457 e. The average Bonchev–Trinajstić information content (AvgIpc) is 2.86. The van der Waals surface area contributed by atoms with Gasteiger partial charge >= 0.3 is 0 Å². The Kier molecular flexibility index (Phi) is 6.38. The molecule has 0 fully saturated rings. The number of nitrogens with one attached hydrogen (secondary N) is 4. The van der Waals surface area contributed by atoms with E-state index in [2.05, 4.69) is 25.9 Å². The van der Waals surface area contributed by atoms with Gasteiger partial charge in [0.15, 0.2) is 0 Å². The molecule has 0 saturated heterocycles. The summed E-state index contributed by atoms with van der Waals surface area (Å²) in [6.07, 6.45) is -0.178. The third-order valence-electron chi connectivity index (χ3n) is 5.48. The van der Waals surface area contributed by atoms with Crippen LogP contribution < -0.4 is 26.2 Å². The minimum absolute atomic E-state index is 0.0400. The molecule has 1 aliphatic heterocycles. The molecule has 3 aromatic carbocycles. The molecule has 4 N–H and O–H groups in total. The molecule has 180 valence electrons. The van der Waals surface area contributed by atoms with Crippen LogP contribution in [-0.4, -0.2) is 21.8 Å². The summed E-state index contributed by atoms with van der Waals surface area (Å²) >= 11 is 5.90. The van der Waals surface area contributed by atoms with Crippen molar-refractivity contribution in [1.82, 2.24) is 9.97 Å². The first kappa shape index (κ1) is 23.1. The number of hydrogen-bond donors (Lipinski definition) is 4. The highest BCUT2D eigenvalue weighted by Crippen LogP contribution is 2.31. The number of carbonyl (C=O) groups is 2. The number of anilines is 4. The molecule has 0 spiro atoms. The lowest BCUT2D eigenvalue weighted by molar-refractivity contribution is -0.123. The number of aromatic amines is 1. The van der Waals surface area contributed by atoms with E-state index in [1.807, 2.05) is 30.3 Å². The van der Waals surface area contributed by atoms with Crippen molar-refractivity contribution in [2.45, 2.75) is 12.3 Å². The molecule has 1 atom stereocenters. The third kappa shape index (κ3) is 5.21. The quantitative estimate of drug-likeness (QED) is 0.294. The van der Waals surface area contributed by atoms with Crippen LogP contribution in [0.15, 0.2) is 83.7 Å². The molecule has 1 aliphatic rings. The number of rotatable bonds is 6. The van der Waals surface area contributed by atoms with E-state index in [4.69, 9.17) is 16.3 Å². The van der Waals surface area contributed by atoms with Gasteiger partial charge in [0.05, 0.1) is 11.5 Å². The number of ether oxygens (including phenoxy) is 1.